The summed E-state index contributed by atoms with van der Waals surface area (Å²) in [5, 5.41) is 3.21. The Morgan fingerprint density at radius 2 is 2.04 bits per heavy atom. The number of benzene rings is 1. The van der Waals surface area contributed by atoms with Gasteiger partial charge >= 0.3 is 0 Å². The Hall–Kier alpha value is -1.21. The topological polar surface area (TPSA) is 61.8 Å². The Labute approximate surface area is 149 Å². The molecule has 0 spiro atoms. The molecular weight excluding hydrogens is 342 g/mol. The van der Waals surface area contributed by atoms with Crippen molar-refractivity contribution in [1.82, 2.24) is 10.2 Å². The molecule has 2 rings (SSSR count). The van der Waals surface area contributed by atoms with Crippen molar-refractivity contribution in [2.24, 2.45) is 4.99 Å². The molecule has 1 heterocycles. The minimum absolute atomic E-state index is 0.0848. The van der Waals surface area contributed by atoms with Gasteiger partial charge in [-0.15, -0.1) is 0 Å². The van der Waals surface area contributed by atoms with Crippen LogP contribution in [0.3, 0.4) is 0 Å². The van der Waals surface area contributed by atoms with E-state index in [0.717, 1.165) is 30.4 Å². The van der Waals surface area contributed by atoms with Gasteiger partial charge in [-0.05, 0) is 19.4 Å². The van der Waals surface area contributed by atoms with Crippen LogP contribution in [-0.2, 0) is 15.6 Å². The Balaban J connectivity index is 1.85. The van der Waals surface area contributed by atoms with Crippen LogP contribution in [0.4, 0.5) is 0 Å². The van der Waals surface area contributed by atoms with Crippen LogP contribution in [0.15, 0.2) is 35.3 Å². The molecule has 0 aromatic heterocycles. The fourth-order valence-corrected chi connectivity index (χ4v) is 5.12. The minimum Gasteiger partial charge on any atom is -0.355 e. The molecule has 0 atom stereocenters. The molecule has 1 aliphatic heterocycles. The largest absolute Gasteiger partial charge is 0.355 e. The van der Waals surface area contributed by atoms with E-state index in [2.05, 4.69) is 29.1 Å². The highest BCUT2D eigenvalue weighted by Crippen LogP contribution is 2.29. The summed E-state index contributed by atoms with van der Waals surface area (Å²) in [6.07, 6.45) is 0. The predicted molar refractivity (Wildman–Crippen MR) is 103 cm³/mol. The van der Waals surface area contributed by atoms with Crippen LogP contribution in [0.1, 0.15) is 19.4 Å². The molecule has 134 valence electrons. The van der Waals surface area contributed by atoms with Gasteiger partial charge in [0.2, 0.25) is 0 Å². The van der Waals surface area contributed by atoms with E-state index in [1.54, 1.807) is 7.05 Å². The number of hydrogen-bond acceptors (Lipinski definition) is 4. The van der Waals surface area contributed by atoms with E-state index < -0.39 is 9.84 Å². The van der Waals surface area contributed by atoms with E-state index in [4.69, 9.17) is 0 Å². The average Bonchev–Trinajstić information content (AvgIpc) is 2.51. The second-order valence-electron chi connectivity index (χ2n) is 6.58. The fraction of sp³-hybridized carbons (Fsp3) is 0.588. The SMILES string of the molecule is CN=C(NCCS(=O)(=O)Cc1ccccc1)N1CCSC(C)(C)C1. The van der Waals surface area contributed by atoms with E-state index in [0.29, 0.717) is 6.54 Å². The highest BCUT2D eigenvalue weighted by Gasteiger charge is 2.28. The van der Waals surface area contributed by atoms with Gasteiger partial charge in [-0.25, -0.2) is 8.42 Å². The number of hydrogen-bond donors (Lipinski definition) is 1. The quantitative estimate of drug-likeness (QED) is 0.635. The Morgan fingerprint density at radius 1 is 1.33 bits per heavy atom. The molecule has 1 N–H and O–H groups in total. The van der Waals surface area contributed by atoms with Crippen LogP contribution in [0.25, 0.3) is 0 Å². The predicted octanol–water partition coefficient (Wildman–Crippen LogP) is 2.00. The summed E-state index contributed by atoms with van der Waals surface area (Å²) in [6, 6.07) is 9.30. The third-order valence-corrected chi connectivity index (χ3v) is 6.76. The average molecular weight is 370 g/mol. The first-order chi connectivity index (χ1) is 11.3. The molecule has 24 heavy (non-hydrogen) atoms. The van der Waals surface area contributed by atoms with Crippen molar-refractivity contribution >= 4 is 27.6 Å². The number of guanidine groups is 1. The van der Waals surface area contributed by atoms with Crippen molar-refractivity contribution in [3.05, 3.63) is 35.9 Å². The number of aliphatic imine (C=N–C) groups is 1. The number of nitrogens with one attached hydrogen (secondary N) is 1. The van der Waals surface area contributed by atoms with Gasteiger partial charge in [-0.3, -0.25) is 4.99 Å². The molecule has 0 unspecified atom stereocenters. The van der Waals surface area contributed by atoms with E-state index in [9.17, 15) is 8.42 Å². The van der Waals surface area contributed by atoms with Crippen molar-refractivity contribution in [2.75, 3.05) is 38.2 Å². The zero-order valence-corrected chi connectivity index (χ0v) is 16.3. The zero-order chi connectivity index (χ0) is 17.6. The van der Waals surface area contributed by atoms with Gasteiger partial charge in [0, 0.05) is 37.2 Å². The molecule has 1 aromatic rings. The van der Waals surface area contributed by atoms with Crippen LogP contribution in [0.5, 0.6) is 0 Å². The lowest BCUT2D eigenvalue weighted by molar-refractivity contribution is 0.377. The van der Waals surface area contributed by atoms with Crippen molar-refractivity contribution in [1.29, 1.82) is 0 Å². The summed E-state index contributed by atoms with van der Waals surface area (Å²) >= 11 is 1.96. The van der Waals surface area contributed by atoms with Crippen LogP contribution in [0.2, 0.25) is 0 Å². The highest BCUT2D eigenvalue weighted by atomic mass is 32.2. The van der Waals surface area contributed by atoms with E-state index in [1.807, 2.05) is 42.1 Å². The summed E-state index contributed by atoms with van der Waals surface area (Å²) in [4.78, 5) is 6.52. The lowest BCUT2D eigenvalue weighted by atomic mass is 10.2. The van der Waals surface area contributed by atoms with Gasteiger partial charge in [0.25, 0.3) is 0 Å². The molecule has 0 bridgehead atoms. The first-order valence-electron chi connectivity index (χ1n) is 8.15. The summed E-state index contributed by atoms with van der Waals surface area (Å²) in [5.74, 6) is 2.03. The molecule has 1 fully saturated rings. The number of thioether (sulfide) groups is 1. The monoisotopic (exact) mass is 369 g/mol. The van der Waals surface area contributed by atoms with E-state index in [1.165, 1.54) is 0 Å². The summed E-state index contributed by atoms with van der Waals surface area (Å²) in [7, 11) is -1.39. The standard InChI is InChI=1S/C17H27N3O2S2/c1-17(2)14-20(10-11-23-17)16(18-3)19-9-12-24(21,22)13-15-7-5-4-6-8-15/h4-8H,9-14H2,1-3H3,(H,18,19). The molecule has 1 aliphatic rings. The molecule has 5 nitrogen and oxygen atoms in total. The molecule has 0 amide bonds. The Kier molecular flexibility index (Phi) is 6.57. The maximum Gasteiger partial charge on any atom is 0.193 e. The zero-order valence-electron chi connectivity index (χ0n) is 14.7. The smallest absolute Gasteiger partial charge is 0.193 e. The van der Waals surface area contributed by atoms with Crippen LogP contribution in [-0.4, -0.2) is 62.2 Å². The third-order valence-electron chi connectivity index (χ3n) is 3.86. The van der Waals surface area contributed by atoms with Crippen LogP contribution >= 0.6 is 11.8 Å². The number of sulfone groups is 1. The lowest BCUT2D eigenvalue weighted by Crippen LogP contribution is -2.51. The van der Waals surface area contributed by atoms with Crippen molar-refractivity contribution < 1.29 is 8.42 Å². The number of nitrogens with zero attached hydrogens (tertiary/aromatic N) is 2. The van der Waals surface area contributed by atoms with Crippen molar-refractivity contribution in [3.8, 4) is 0 Å². The second kappa shape index (κ2) is 8.25. The van der Waals surface area contributed by atoms with Gasteiger partial charge in [0.15, 0.2) is 15.8 Å². The second-order valence-corrected chi connectivity index (χ2v) is 10.6. The van der Waals surface area contributed by atoms with Gasteiger partial charge in [-0.2, -0.15) is 11.8 Å². The molecule has 0 saturated carbocycles. The molecular formula is C17H27N3O2S2. The van der Waals surface area contributed by atoms with Crippen LogP contribution in [0, 0.1) is 0 Å². The maximum absolute atomic E-state index is 12.3. The first kappa shape index (κ1) is 19.1. The maximum atomic E-state index is 12.3. The highest BCUT2D eigenvalue weighted by molar-refractivity contribution is 8.00. The molecule has 7 heteroatoms. The Morgan fingerprint density at radius 3 is 2.67 bits per heavy atom. The van der Waals surface area contributed by atoms with E-state index >= 15 is 0 Å². The van der Waals surface area contributed by atoms with Gasteiger partial charge in [0.05, 0.1) is 11.5 Å². The Bertz CT molecular complexity index is 658. The van der Waals surface area contributed by atoms with Gasteiger partial charge < -0.3 is 10.2 Å². The molecule has 0 radical (unpaired) electrons. The molecule has 1 saturated heterocycles. The summed E-state index contributed by atoms with van der Waals surface area (Å²) in [5.41, 5.74) is 0.830. The first-order valence-corrected chi connectivity index (χ1v) is 11.0. The lowest BCUT2D eigenvalue weighted by Gasteiger charge is -2.39. The van der Waals surface area contributed by atoms with Gasteiger partial charge in [0.1, 0.15) is 0 Å². The third kappa shape index (κ3) is 6.02. The molecule has 1 aromatic carbocycles. The van der Waals surface area contributed by atoms with Crippen molar-refractivity contribution in [2.45, 2.75) is 24.3 Å². The van der Waals surface area contributed by atoms with Crippen molar-refractivity contribution in [3.63, 3.8) is 0 Å². The minimum atomic E-state index is -3.13. The summed E-state index contributed by atoms with van der Waals surface area (Å²) in [6.45, 7) is 6.67. The van der Waals surface area contributed by atoms with E-state index in [-0.39, 0.29) is 16.3 Å². The van der Waals surface area contributed by atoms with Gasteiger partial charge in [-0.1, -0.05) is 30.3 Å². The summed E-state index contributed by atoms with van der Waals surface area (Å²) < 4.78 is 24.7. The normalized spacial score (nSPS) is 18.5. The van der Waals surface area contributed by atoms with Crippen LogP contribution < -0.4 is 5.32 Å². The molecule has 0 aliphatic carbocycles. The number of rotatable bonds is 5. The fourth-order valence-electron chi connectivity index (χ4n) is 2.75.